The molecule has 15 heavy (non-hydrogen) atoms. The van der Waals surface area contributed by atoms with Gasteiger partial charge in [-0.2, -0.15) is 0 Å². The molecule has 1 saturated carbocycles. The molecular formula is C14H22O. The number of hydrogen-bond acceptors (Lipinski definition) is 1. The van der Waals surface area contributed by atoms with Crippen molar-refractivity contribution in [3.05, 3.63) is 11.1 Å². The maximum Gasteiger partial charge on any atom is 0.133 e. The lowest BCUT2D eigenvalue weighted by atomic mass is 9.78. The summed E-state index contributed by atoms with van der Waals surface area (Å²) in [5, 5.41) is 0. The highest BCUT2D eigenvalue weighted by molar-refractivity contribution is 5.80. The third kappa shape index (κ3) is 1.89. The Morgan fingerprint density at radius 3 is 2.60 bits per heavy atom. The molecule has 1 heteroatoms. The minimum Gasteiger partial charge on any atom is -0.300 e. The first-order valence-corrected chi connectivity index (χ1v) is 6.27. The Hall–Kier alpha value is -0.590. The Balaban J connectivity index is 2.35. The van der Waals surface area contributed by atoms with E-state index in [1.165, 1.54) is 19.3 Å². The smallest absolute Gasteiger partial charge is 0.133 e. The normalized spacial score (nSPS) is 32.1. The molecular weight excluding hydrogens is 184 g/mol. The number of fused-ring (bicyclic) bond motifs is 1. The Labute approximate surface area is 92.9 Å². The summed E-state index contributed by atoms with van der Waals surface area (Å²) in [5.41, 5.74) is 3.53. The number of Topliss-reactive ketones (excluding diaryl/α,β-unsaturated/α-hetero) is 1. The third-order valence-corrected chi connectivity index (χ3v) is 4.23. The van der Waals surface area contributed by atoms with E-state index in [1.807, 2.05) is 0 Å². The monoisotopic (exact) mass is 206 g/mol. The van der Waals surface area contributed by atoms with E-state index in [-0.39, 0.29) is 5.41 Å². The zero-order valence-electron chi connectivity index (χ0n) is 10.2. The largest absolute Gasteiger partial charge is 0.300 e. The van der Waals surface area contributed by atoms with Crippen molar-refractivity contribution in [1.82, 2.24) is 0 Å². The molecule has 0 bridgehead atoms. The lowest BCUT2D eigenvalue weighted by Crippen LogP contribution is -2.18. The fraction of sp³-hybridized carbons (Fsp3) is 0.786. The van der Waals surface area contributed by atoms with Crippen LogP contribution < -0.4 is 0 Å². The van der Waals surface area contributed by atoms with Crippen LogP contribution in [0.25, 0.3) is 0 Å². The Bertz CT molecular complexity index is 311. The molecule has 0 aromatic heterocycles. The van der Waals surface area contributed by atoms with Gasteiger partial charge in [0.15, 0.2) is 0 Å². The van der Waals surface area contributed by atoms with E-state index in [4.69, 9.17) is 0 Å². The van der Waals surface area contributed by atoms with Gasteiger partial charge in [0.2, 0.25) is 0 Å². The molecule has 0 heterocycles. The first-order valence-electron chi connectivity index (χ1n) is 6.27. The summed E-state index contributed by atoms with van der Waals surface area (Å²) in [6, 6.07) is 0. The summed E-state index contributed by atoms with van der Waals surface area (Å²) in [7, 11) is 0. The second-order valence-electron chi connectivity index (χ2n) is 5.79. The predicted molar refractivity (Wildman–Crippen MR) is 62.7 cm³/mol. The van der Waals surface area contributed by atoms with Crippen molar-refractivity contribution in [3.63, 3.8) is 0 Å². The van der Waals surface area contributed by atoms with Crippen LogP contribution in [-0.4, -0.2) is 5.78 Å². The van der Waals surface area contributed by atoms with E-state index in [0.717, 1.165) is 19.3 Å². The van der Waals surface area contributed by atoms with Gasteiger partial charge in [0.05, 0.1) is 0 Å². The molecule has 0 unspecified atom stereocenters. The van der Waals surface area contributed by atoms with Crippen LogP contribution in [0.1, 0.15) is 59.3 Å². The van der Waals surface area contributed by atoms with Crippen molar-refractivity contribution in [2.24, 2.45) is 11.3 Å². The maximum absolute atomic E-state index is 11.7. The number of rotatable bonds is 1. The molecule has 0 radical (unpaired) electrons. The first kappa shape index (κ1) is 10.9. The fourth-order valence-electron chi connectivity index (χ4n) is 3.38. The number of carbonyl (C=O) groups is 1. The molecule has 2 aliphatic carbocycles. The number of allylic oxidation sites excluding steroid dienone is 2. The van der Waals surface area contributed by atoms with E-state index in [1.54, 1.807) is 11.1 Å². The average Bonchev–Trinajstić information content (AvgIpc) is 2.36. The molecule has 2 aliphatic rings. The van der Waals surface area contributed by atoms with Crippen molar-refractivity contribution in [2.75, 3.05) is 0 Å². The van der Waals surface area contributed by atoms with Crippen molar-refractivity contribution in [2.45, 2.75) is 59.3 Å². The summed E-state index contributed by atoms with van der Waals surface area (Å²) < 4.78 is 0. The van der Waals surface area contributed by atoms with Crippen LogP contribution in [0.3, 0.4) is 0 Å². The zero-order chi connectivity index (χ0) is 11.1. The Morgan fingerprint density at radius 2 is 1.93 bits per heavy atom. The summed E-state index contributed by atoms with van der Waals surface area (Å²) >= 11 is 0. The zero-order valence-corrected chi connectivity index (χ0v) is 10.2. The molecule has 0 N–H and O–H groups in total. The third-order valence-electron chi connectivity index (χ3n) is 4.23. The van der Waals surface area contributed by atoms with Crippen molar-refractivity contribution >= 4 is 5.78 Å². The van der Waals surface area contributed by atoms with E-state index in [2.05, 4.69) is 20.8 Å². The van der Waals surface area contributed by atoms with Crippen LogP contribution in [0, 0.1) is 11.3 Å². The number of hydrogen-bond donors (Lipinski definition) is 0. The minimum atomic E-state index is 0.229. The van der Waals surface area contributed by atoms with E-state index in [0.29, 0.717) is 11.7 Å². The Kier molecular flexibility index (Phi) is 2.74. The maximum atomic E-state index is 11.7. The van der Waals surface area contributed by atoms with Gasteiger partial charge >= 0.3 is 0 Å². The molecule has 84 valence electrons. The molecule has 0 amide bonds. The fourth-order valence-corrected chi connectivity index (χ4v) is 3.38. The van der Waals surface area contributed by atoms with Gasteiger partial charge in [-0.05, 0) is 37.0 Å². The van der Waals surface area contributed by atoms with Crippen LogP contribution in [0.5, 0.6) is 0 Å². The molecule has 1 atom stereocenters. The van der Waals surface area contributed by atoms with Crippen LogP contribution in [0.4, 0.5) is 0 Å². The molecule has 2 rings (SSSR count). The summed E-state index contributed by atoms with van der Waals surface area (Å²) in [6.45, 7) is 6.89. The molecule has 0 saturated heterocycles. The van der Waals surface area contributed by atoms with Gasteiger partial charge < -0.3 is 0 Å². The van der Waals surface area contributed by atoms with Crippen LogP contribution in [0.2, 0.25) is 0 Å². The summed E-state index contributed by atoms with van der Waals surface area (Å²) in [6.07, 6.45) is 6.32. The predicted octanol–water partition coefficient (Wildman–Crippen LogP) is 3.88. The highest BCUT2D eigenvalue weighted by Gasteiger charge is 2.39. The second-order valence-corrected chi connectivity index (χ2v) is 5.79. The van der Waals surface area contributed by atoms with E-state index >= 15 is 0 Å². The van der Waals surface area contributed by atoms with Gasteiger partial charge in [-0.25, -0.2) is 0 Å². The van der Waals surface area contributed by atoms with Crippen LogP contribution >= 0.6 is 0 Å². The van der Waals surface area contributed by atoms with Gasteiger partial charge in [-0.1, -0.05) is 31.9 Å². The topological polar surface area (TPSA) is 17.1 Å². The van der Waals surface area contributed by atoms with Crippen molar-refractivity contribution < 1.29 is 4.79 Å². The first-order chi connectivity index (χ1) is 7.03. The van der Waals surface area contributed by atoms with Gasteiger partial charge in [0, 0.05) is 12.8 Å². The quantitative estimate of drug-likeness (QED) is 0.595. The molecule has 1 nitrogen and oxygen atoms in total. The second kappa shape index (κ2) is 3.77. The van der Waals surface area contributed by atoms with E-state index < -0.39 is 0 Å². The Morgan fingerprint density at radius 1 is 1.20 bits per heavy atom. The molecule has 0 spiro atoms. The molecule has 0 aromatic rings. The number of ketones is 1. The van der Waals surface area contributed by atoms with Gasteiger partial charge in [-0.15, -0.1) is 0 Å². The summed E-state index contributed by atoms with van der Waals surface area (Å²) in [4.78, 5) is 11.7. The standard InChI is InChI=1S/C14H22O/c1-10(2)12-7-8-14(3)9-11(15)5-4-6-13(12)14/h10H,4-9H2,1-3H3/t14-/m1/s1. The number of carbonyl (C=O) groups excluding carboxylic acids is 1. The lowest BCUT2D eigenvalue weighted by molar-refractivity contribution is -0.120. The summed E-state index contributed by atoms with van der Waals surface area (Å²) in [5.74, 6) is 1.16. The van der Waals surface area contributed by atoms with E-state index in [9.17, 15) is 4.79 Å². The van der Waals surface area contributed by atoms with Gasteiger partial charge in [0.25, 0.3) is 0 Å². The highest BCUT2D eigenvalue weighted by Crippen LogP contribution is 2.51. The van der Waals surface area contributed by atoms with Crippen LogP contribution in [-0.2, 0) is 4.79 Å². The highest BCUT2D eigenvalue weighted by atomic mass is 16.1. The average molecular weight is 206 g/mol. The molecule has 0 aromatic carbocycles. The molecule has 0 aliphatic heterocycles. The van der Waals surface area contributed by atoms with Crippen molar-refractivity contribution in [1.29, 1.82) is 0 Å². The van der Waals surface area contributed by atoms with Crippen molar-refractivity contribution in [3.8, 4) is 0 Å². The minimum absolute atomic E-state index is 0.229. The van der Waals surface area contributed by atoms with Gasteiger partial charge in [0.1, 0.15) is 5.78 Å². The SMILES string of the molecule is CC(C)C1=C2CCCC(=O)C[C@@]2(C)CC1. The van der Waals surface area contributed by atoms with Gasteiger partial charge in [-0.3, -0.25) is 4.79 Å². The van der Waals surface area contributed by atoms with Crippen LogP contribution in [0.15, 0.2) is 11.1 Å². The lowest BCUT2D eigenvalue weighted by Gasteiger charge is -2.25. The molecule has 1 fully saturated rings.